The first-order valence-corrected chi connectivity index (χ1v) is 18.1. The van der Waals surface area contributed by atoms with E-state index in [1.54, 1.807) is 80.8 Å². The maximum absolute atomic E-state index is 13.7. The first kappa shape index (κ1) is 36.2. The van der Waals surface area contributed by atoms with Crippen LogP contribution in [0.2, 0.25) is 0 Å². The van der Waals surface area contributed by atoms with Crippen molar-refractivity contribution in [3.63, 3.8) is 0 Å². The summed E-state index contributed by atoms with van der Waals surface area (Å²) in [5.41, 5.74) is 2.87. The molecule has 50 heavy (non-hydrogen) atoms. The quantitative estimate of drug-likeness (QED) is 0.0567. The van der Waals surface area contributed by atoms with Gasteiger partial charge in [-0.1, -0.05) is 30.7 Å². The Morgan fingerprint density at radius 2 is 1.68 bits per heavy atom. The molecule has 1 heterocycles. The van der Waals surface area contributed by atoms with E-state index >= 15 is 0 Å². The van der Waals surface area contributed by atoms with Gasteiger partial charge in [-0.05, 0) is 86.7 Å². The topological polar surface area (TPSA) is 132 Å². The molecule has 0 fully saturated rings. The third kappa shape index (κ3) is 9.33. The number of hydrogen-bond donors (Lipinski definition) is 3. The molecule has 0 bridgehead atoms. The highest BCUT2D eigenvalue weighted by atomic mass is 32.2. The van der Waals surface area contributed by atoms with Gasteiger partial charge < -0.3 is 30.2 Å². The number of fused-ring (bicyclic) bond motifs is 1. The van der Waals surface area contributed by atoms with Crippen molar-refractivity contribution in [3.05, 3.63) is 106 Å². The Kier molecular flexibility index (Phi) is 12.7. The van der Waals surface area contributed by atoms with Crippen LogP contribution in [-0.4, -0.2) is 50.3 Å². The van der Waals surface area contributed by atoms with Crippen molar-refractivity contribution in [3.8, 4) is 11.5 Å². The van der Waals surface area contributed by atoms with Crippen LogP contribution in [0.3, 0.4) is 0 Å². The lowest BCUT2D eigenvalue weighted by molar-refractivity contribution is -0.114. The SMILES string of the molecule is CCOC(=O)c1c(NC(=O)CSc2cccc(NC(=O)/C(=C\c3ccc(OC)cc3OC)NC(=O)c3ccccc3)c2)sc2c1CCCCC2. The lowest BCUT2D eigenvalue weighted by Gasteiger charge is -2.13. The van der Waals surface area contributed by atoms with E-state index in [2.05, 4.69) is 16.0 Å². The van der Waals surface area contributed by atoms with Gasteiger partial charge in [-0.25, -0.2) is 4.79 Å². The Bertz CT molecular complexity index is 1890. The number of nitrogens with one attached hydrogen (secondary N) is 3. The normalized spacial score (nSPS) is 12.6. The fourth-order valence-electron chi connectivity index (χ4n) is 5.46. The van der Waals surface area contributed by atoms with Gasteiger partial charge in [0.1, 0.15) is 22.2 Å². The number of thiophene rings is 1. The maximum atomic E-state index is 13.7. The molecule has 260 valence electrons. The number of carbonyl (C=O) groups is 4. The second-order valence-corrected chi connectivity index (χ2v) is 13.4. The molecule has 0 saturated heterocycles. The fraction of sp³-hybridized carbons (Fsp3) is 0.263. The molecule has 12 heteroatoms. The average molecular weight is 714 g/mol. The number of methoxy groups -OCH3 is 2. The molecule has 0 aliphatic heterocycles. The van der Waals surface area contributed by atoms with Crippen LogP contribution in [0.15, 0.2) is 83.4 Å². The van der Waals surface area contributed by atoms with Crippen molar-refractivity contribution in [2.75, 3.05) is 37.2 Å². The molecule has 0 atom stereocenters. The molecule has 0 spiro atoms. The number of carbonyl (C=O) groups excluding carboxylic acids is 4. The van der Waals surface area contributed by atoms with Gasteiger partial charge in [-0.3, -0.25) is 14.4 Å². The largest absolute Gasteiger partial charge is 0.497 e. The van der Waals surface area contributed by atoms with Crippen LogP contribution >= 0.6 is 23.1 Å². The van der Waals surface area contributed by atoms with E-state index in [1.807, 2.05) is 6.07 Å². The zero-order valence-electron chi connectivity index (χ0n) is 28.1. The molecular weight excluding hydrogens is 675 g/mol. The van der Waals surface area contributed by atoms with Crippen molar-refractivity contribution in [1.29, 1.82) is 0 Å². The van der Waals surface area contributed by atoms with Crippen molar-refractivity contribution in [1.82, 2.24) is 5.32 Å². The zero-order valence-corrected chi connectivity index (χ0v) is 29.8. The smallest absolute Gasteiger partial charge is 0.341 e. The minimum Gasteiger partial charge on any atom is -0.497 e. The lowest BCUT2D eigenvalue weighted by Crippen LogP contribution is -2.30. The van der Waals surface area contributed by atoms with Crippen LogP contribution in [0.5, 0.6) is 11.5 Å². The molecule has 0 saturated carbocycles. The average Bonchev–Trinajstić information content (AvgIpc) is 3.30. The number of ether oxygens (including phenoxy) is 3. The van der Waals surface area contributed by atoms with Gasteiger partial charge in [-0.15, -0.1) is 23.1 Å². The standard InChI is InChI=1S/C38H39N3O7S2/c1-4-48-38(45)34-29-16-9-6-10-17-32(29)50-37(34)41-33(42)23-49-28-15-11-14-26(21-28)39-36(44)30(40-35(43)24-12-7-5-8-13-24)20-25-18-19-27(46-2)22-31(25)47-3/h5,7-8,11-15,18-22H,4,6,9-10,16-17,23H2,1-3H3,(H,39,44)(H,40,43)(H,41,42)/b30-20+. The highest BCUT2D eigenvalue weighted by molar-refractivity contribution is 8.00. The first-order chi connectivity index (χ1) is 24.3. The van der Waals surface area contributed by atoms with Gasteiger partial charge in [0, 0.05) is 32.7 Å². The minimum atomic E-state index is -0.559. The van der Waals surface area contributed by atoms with Gasteiger partial charge in [0.05, 0.1) is 32.1 Å². The van der Waals surface area contributed by atoms with Gasteiger partial charge in [0.25, 0.3) is 11.8 Å². The number of amides is 3. The van der Waals surface area contributed by atoms with Gasteiger partial charge in [0.15, 0.2) is 0 Å². The number of rotatable bonds is 13. The summed E-state index contributed by atoms with van der Waals surface area (Å²) < 4.78 is 16.1. The minimum absolute atomic E-state index is 0.00786. The lowest BCUT2D eigenvalue weighted by atomic mass is 10.1. The van der Waals surface area contributed by atoms with E-state index in [0.29, 0.717) is 38.9 Å². The van der Waals surface area contributed by atoms with E-state index in [-0.39, 0.29) is 24.0 Å². The molecule has 1 aliphatic carbocycles. The third-order valence-corrected chi connectivity index (χ3v) is 10.1. The van der Waals surface area contributed by atoms with E-state index in [4.69, 9.17) is 14.2 Å². The van der Waals surface area contributed by atoms with Crippen LogP contribution < -0.4 is 25.4 Å². The van der Waals surface area contributed by atoms with E-state index in [1.165, 1.54) is 36.3 Å². The second-order valence-electron chi connectivity index (χ2n) is 11.3. The summed E-state index contributed by atoms with van der Waals surface area (Å²) in [6, 6.07) is 20.8. The Balaban J connectivity index is 1.30. The predicted octanol–water partition coefficient (Wildman–Crippen LogP) is 7.35. The first-order valence-electron chi connectivity index (χ1n) is 16.3. The zero-order chi connectivity index (χ0) is 35.5. The summed E-state index contributed by atoms with van der Waals surface area (Å²) in [5.74, 6) is -0.568. The summed E-state index contributed by atoms with van der Waals surface area (Å²) in [4.78, 5) is 54.7. The molecule has 4 aromatic rings. The molecule has 10 nitrogen and oxygen atoms in total. The molecule has 3 N–H and O–H groups in total. The van der Waals surface area contributed by atoms with Gasteiger partial charge in [0.2, 0.25) is 5.91 Å². The van der Waals surface area contributed by atoms with Crippen molar-refractivity contribution >= 4 is 63.6 Å². The van der Waals surface area contributed by atoms with E-state index in [9.17, 15) is 19.2 Å². The number of esters is 1. The summed E-state index contributed by atoms with van der Waals surface area (Å²) in [5, 5.41) is 9.08. The Morgan fingerprint density at radius 3 is 2.44 bits per heavy atom. The number of thioether (sulfide) groups is 1. The second kappa shape index (κ2) is 17.5. The Hall–Kier alpha value is -5.07. The van der Waals surface area contributed by atoms with Gasteiger partial charge >= 0.3 is 5.97 Å². The third-order valence-electron chi connectivity index (χ3n) is 7.88. The van der Waals surface area contributed by atoms with Crippen molar-refractivity contribution in [2.24, 2.45) is 0 Å². The predicted molar refractivity (Wildman–Crippen MR) is 197 cm³/mol. The van der Waals surface area contributed by atoms with Gasteiger partial charge in [-0.2, -0.15) is 0 Å². The van der Waals surface area contributed by atoms with Crippen LogP contribution in [0.1, 0.15) is 62.9 Å². The Morgan fingerprint density at radius 1 is 0.880 bits per heavy atom. The number of benzene rings is 3. The molecule has 3 aromatic carbocycles. The number of aryl methyl sites for hydroxylation is 1. The molecule has 3 amide bonds. The number of hydrogen-bond acceptors (Lipinski definition) is 9. The summed E-state index contributed by atoms with van der Waals surface area (Å²) in [7, 11) is 3.05. The number of anilines is 2. The highest BCUT2D eigenvalue weighted by Crippen LogP contribution is 2.38. The van der Waals surface area contributed by atoms with Crippen LogP contribution in [-0.2, 0) is 27.2 Å². The van der Waals surface area contributed by atoms with Crippen molar-refractivity contribution in [2.45, 2.75) is 43.9 Å². The Labute approximate surface area is 299 Å². The maximum Gasteiger partial charge on any atom is 0.341 e. The van der Waals surface area contributed by atoms with Crippen LogP contribution in [0.4, 0.5) is 10.7 Å². The monoisotopic (exact) mass is 713 g/mol. The molecule has 0 unspecified atom stereocenters. The fourth-order valence-corrected chi connectivity index (χ4v) is 7.51. The van der Waals surface area contributed by atoms with E-state index < -0.39 is 17.8 Å². The summed E-state index contributed by atoms with van der Waals surface area (Å²) >= 11 is 2.75. The summed E-state index contributed by atoms with van der Waals surface area (Å²) in [6.45, 7) is 2.02. The summed E-state index contributed by atoms with van der Waals surface area (Å²) in [6.07, 6.45) is 6.38. The molecular formula is C38H39N3O7S2. The molecule has 1 aromatic heterocycles. The van der Waals surface area contributed by atoms with Crippen LogP contribution in [0.25, 0.3) is 6.08 Å². The van der Waals surface area contributed by atoms with Crippen molar-refractivity contribution < 1.29 is 33.4 Å². The van der Waals surface area contributed by atoms with E-state index in [0.717, 1.165) is 47.4 Å². The van der Waals surface area contributed by atoms with Crippen LogP contribution in [0, 0.1) is 0 Å². The molecule has 1 aliphatic rings. The molecule has 0 radical (unpaired) electrons. The highest BCUT2D eigenvalue weighted by Gasteiger charge is 2.26. The molecule has 5 rings (SSSR count).